The maximum Gasteiger partial charge on any atom is 0.251 e. The first-order valence-corrected chi connectivity index (χ1v) is 3.88. The Morgan fingerprint density at radius 1 is 1.62 bits per heavy atom. The number of aliphatic hydroxyl groups is 1. The summed E-state index contributed by atoms with van der Waals surface area (Å²) < 4.78 is 0. The number of likely N-dealkylation sites (N-methyl/N-ethyl adjacent to an activating group) is 1. The summed E-state index contributed by atoms with van der Waals surface area (Å²) in [6.45, 7) is -0.126. The third-order valence-corrected chi connectivity index (χ3v) is 1.79. The van der Waals surface area contributed by atoms with Gasteiger partial charge in [0.05, 0.1) is 12.6 Å². The second-order valence-corrected chi connectivity index (χ2v) is 2.69. The Kier molecular flexibility index (Phi) is 3.05. The van der Waals surface area contributed by atoms with Gasteiger partial charge in [-0.25, -0.2) is 0 Å². The highest BCUT2D eigenvalue weighted by Gasteiger charge is 2.08. The van der Waals surface area contributed by atoms with Crippen molar-refractivity contribution in [1.29, 1.82) is 0 Å². The lowest BCUT2D eigenvalue weighted by atomic mass is 10.1. The van der Waals surface area contributed by atoms with Gasteiger partial charge in [-0.2, -0.15) is 0 Å². The largest absolute Gasteiger partial charge is 0.495 e. The third-order valence-electron chi connectivity index (χ3n) is 1.79. The number of nitrogens with one attached hydrogen (secondary N) is 2. The highest BCUT2D eigenvalue weighted by atomic mass is 16.3. The molecule has 0 fully saturated rings. The Labute approximate surface area is 75.0 Å². The van der Waals surface area contributed by atoms with Gasteiger partial charge in [-0.1, -0.05) is 0 Å². The average Bonchev–Trinajstić information content (AvgIpc) is 2.04. The number of aliphatic hydroxyl groups excluding tert-OH is 1. The van der Waals surface area contributed by atoms with Gasteiger partial charge in [0.15, 0.2) is 5.88 Å². The fraction of sp³-hybridized carbons (Fsp3) is 0.375. The number of H-pyrrole nitrogens is 1. The predicted octanol–water partition coefficient (Wildman–Crippen LogP) is -0.667. The second kappa shape index (κ2) is 4.06. The van der Waals surface area contributed by atoms with Crippen molar-refractivity contribution in [3.05, 3.63) is 28.0 Å². The van der Waals surface area contributed by atoms with E-state index in [1.165, 1.54) is 12.1 Å². The van der Waals surface area contributed by atoms with Crippen molar-refractivity contribution < 1.29 is 10.2 Å². The Hall–Kier alpha value is -1.33. The Morgan fingerprint density at radius 2 is 2.31 bits per heavy atom. The number of hydrogen-bond donors (Lipinski definition) is 4. The van der Waals surface area contributed by atoms with Gasteiger partial charge in [-0.15, -0.1) is 0 Å². The molecule has 0 unspecified atom stereocenters. The van der Waals surface area contributed by atoms with E-state index >= 15 is 0 Å². The molecular weight excluding hydrogens is 172 g/mol. The molecule has 72 valence electrons. The molecule has 0 spiro atoms. The third kappa shape index (κ3) is 2.30. The number of aromatic amines is 1. The molecule has 0 amide bonds. The normalized spacial score (nSPS) is 12.8. The Balaban J connectivity index is 3.06. The molecule has 0 aliphatic carbocycles. The van der Waals surface area contributed by atoms with Crippen LogP contribution in [0.15, 0.2) is 16.9 Å². The molecule has 1 rings (SSSR count). The molecule has 5 nitrogen and oxygen atoms in total. The van der Waals surface area contributed by atoms with E-state index in [9.17, 15) is 4.79 Å². The van der Waals surface area contributed by atoms with Crippen LogP contribution in [-0.4, -0.2) is 28.9 Å². The van der Waals surface area contributed by atoms with E-state index in [4.69, 9.17) is 10.2 Å². The smallest absolute Gasteiger partial charge is 0.251 e. The van der Waals surface area contributed by atoms with Crippen LogP contribution in [-0.2, 0) is 0 Å². The molecule has 5 heteroatoms. The van der Waals surface area contributed by atoms with Crippen LogP contribution in [0.3, 0.4) is 0 Å². The minimum Gasteiger partial charge on any atom is -0.495 e. The van der Waals surface area contributed by atoms with Gasteiger partial charge < -0.3 is 15.5 Å². The van der Waals surface area contributed by atoms with Crippen molar-refractivity contribution in [1.82, 2.24) is 10.3 Å². The van der Waals surface area contributed by atoms with Crippen LogP contribution in [0.2, 0.25) is 0 Å². The van der Waals surface area contributed by atoms with Gasteiger partial charge in [0.2, 0.25) is 0 Å². The second-order valence-electron chi connectivity index (χ2n) is 2.69. The number of pyridine rings is 1. The molecule has 1 aromatic heterocycles. The van der Waals surface area contributed by atoms with Crippen LogP contribution in [0.4, 0.5) is 0 Å². The highest BCUT2D eigenvalue weighted by molar-refractivity contribution is 5.22. The molecular formula is C8H12N2O3. The van der Waals surface area contributed by atoms with Crippen LogP contribution in [0.25, 0.3) is 0 Å². The lowest BCUT2D eigenvalue weighted by Gasteiger charge is -2.12. The van der Waals surface area contributed by atoms with Crippen LogP contribution >= 0.6 is 0 Å². The zero-order chi connectivity index (χ0) is 9.84. The molecule has 0 radical (unpaired) electrons. The molecule has 0 aromatic carbocycles. The number of rotatable bonds is 3. The van der Waals surface area contributed by atoms with Crippen LogP contribution in [0.1, 0.15) is 11.6 Å². The van der Waals surface area contributed by atoms with Crippen molar-refractivity contribution in [2.75, 3.05) is 13.7 Å². The minimum atomic E-state index is -0.385. The number of aromatic nitrogens is 1. The first-order valence-electron chi connectivity index (χ1n) is 3.88. The zero-order valence-electron chi connectivity index (χ0n) is 7.24. The Bertz CT molecular complexity index is 330. The predicted molar refractivity (Wildman–Crippen MR) is 47.6 cm³/mol. The molecule has 1 heterocycles. The number of aromatic hydroxyl groups is 1. The van der Waals surface area contributed by atoms with Crippen molar-refractivity contribution in [2.24, 2.45) is 0 Å². The van der Waals surface area contributed by atoms with Crippen molar-refractivity contribution in [2.45, 2.75) is 6.04 Å². The lowest BCUT2D eigenvalue weighted by molar-refractivity contribution is 0.250. The average molecular weight is 184 g/mol. The number of hydrogen-bond acceptors (Lipinski definition) is 4. The monoisotopic (exact) mass is 184 g/mol. The van der Waals surface area contributed by atoms with Gasteiger partial charge >= 0.3 is 0 Å². The standard InChI is InChI=1S/C8H12N2O3/c1-9-6(4-11)5-2-7(12)10-8(13)3-5/h2-3,6,9,11H,4H2,1H3,(H2,10,12,13)/t6-/m0/s1. The molecule has 0 saturated carbocycles. The van der Waals surface area contributed by atoms with E-state index in [1.54, 1.807) is 7.05 Å². The molecule has 13 heavy (non-hydrogen) atoms. The van der Waals surface area contributed by atoms with E-state index in [0.29, 0.717) is 5.56 Å². The fourth-order valence-electron chi connectivity index (χ4n) is 1.11. The summed E-state index contributed by atoms with van der Waals surface area (Å²) in [4.78, 5) is 13.1. The lowest BCUT2D eigenvalue weighted by Crippen LogP contribution is -2.21. The SMILES string of the molecule is CN[C@@H](CO)c1cc(O)[nH]c(=O)c1. The van der Waals surface area contributed by atoms with Gasteiger partial charge in [0.1, 0.15) is 0 Å². The summed E-state index contributed by atoms with van der Waals surface area (Å²) in [7, 11) is 1.67. The fourth-order valence-corrected chi connectivity index (χ4v) is 1.11. The van der Waals surface area contributed by atoms with Crippen molar-refractivity contribution >= 4 is 0 Å². The van der Waals surface area contributed by atoms with Gasteiger partial charge in [0.25, 0.3) is 5.56 Å². The van der Waals surface area contributed by atoms with E-state index in [-0.39, 0.29) is 24.1 Å². The summed E-state index contributed by atoms with van der Waals surface area (Å²) in [5.74, 6) is -0.198. The molecule has 1 atom stereocenters. The van der Waals surface area contributed by atoms with E-state index in [1.807, 2.05) is 0 Å². The highest BCUT2D eigenvalue weighted by Crippen LogP contribution is 2.12. The molecule has 0 bridgehead atoms. The topological polar surface area (TPSA) is 85.3 Å². The van der Waals surface area contributed by atoms with Crippen molar-refractivity contribution in [3.63, 3.8) is 0 Å². The summed E-state index contributed by atoms with van der Waals surface area (Å²) >= 11 is 0. The quantitative estimate of drug-likeness (QED) is 0.502. The maximum absolute atomic E-state index is 10.9. The first-order chi connectivity index (χ1) is 6.17. The summed E-state index contributed by atoms with van der Waals surface area (Å²) in [5.41, 5.74) is 0.176. The van der Waals surface area contributed by atoms with E-state index in [0.717, 1.165) is 0 Å². The first kappa shape index (κ1) is 9.76. The zero-order valence-corrected chi connectivity index (χ0v) is 7.24. The summed E-state index contributed by atoms with van der Waals surface area (Å²) in [6, 6.07) is 2.41. The molecule has 0 aliphatic rings. The molecule has 0 saturated heterocycles. The minimum absolute atomic E-state index is 0.126. The van der Waals surface area contributed by atoms with Gasteiger partial charge in [0, 0.05) is 12.1 Å². The van der Waals surface area contributed by atoms with E-state index < -0.39 is 0 Å². The van der Waals surface area contributed by atoms with Gasteiger partial charge in [-0.05, 0) is 12.6 Å². The van der Waals surface area contributed by atoms with Crippen molar-refractivity contribution in [3.8, 4) is 5.88 Å². The van der Waals surface area contributed by atoms with Crippen LogP contribution in [0.5, 0.6) is 5.88 Å². The maximum atomic E-state index is 10.9. The van der Waals surface area contributed by atoms with Crippen LogP contribution in [0, 0.1) is 0 Å². The van der Waals surface area contributed by atoms with Crippen LogP contribution < -0.4 is 10.9 Å². The summed E-state index contributed by atoms with van der Waals surface area (Å²) in [6.07, 6.45) is 0. The van der Waals surface area contributed by atoms with E-state index in [2.05, 4.69) is 10.3 Å². The molecule has 4 N–H and O–H groups in total. The summed E-state index contributed by atoms with van der Waals surface area (Å²) in [5, 5.41) is 20.8. The Morgan fingerprint density at radius 3 is 2.77 bits per heavy atom. The molecule has 0 aliphatic heterocycles. The van der Waals surface area contributed by atoms with Gasteiger partial charge in [-0.3, -0.25) is 9.78 Å². The molecule has 1 aromatic rings.